The van der Waals surface area contributed by atoms with Crippen LogP contribution in [0.3, 0.4) is 0 Å². The molecule has 0 bridgehead atoms. The first kappa shape index (κ1) is 16.7. The molecule has 0 amide bonds. The first-order valence-corrected chi connectivity index (χ1v) is 10.9. The Balaban J connectivity index is 1.42. The van der Waals surface area contributed by atoms with Crippen molar-refractivity contribution in [2.75, 3.05) is 0 Å². The zero-order valence-electron chi connectivity index (χ0n) is 16.1. The van der Waals surface area contributed by atoms with Crippen LogP contribution >= 0.6 is 0 Å². The van der Waals surface area contributed by atoms with Crippen molar-refractivity contribution in [1.82, 2.24) is 0 Å². The highest BCUT2D eigenvalue weighted by Crippen LogP contribution is 2.78. The summed E-state index contributed by atoms with van der Waals surface area (Å²) < 4.78 is 6.27. The van der Waals surface area contributed by atoms with Gasteiger partial charge in [0.15, 0.2) is 12.1 Å². The summed E-state index contributed by atoms with van der Waals surface area (Å²) in [5.41, 5.74) is 1.27. The molecule has 6 aliphatic rings. The van der Waals surface area contributed by atoms with Gasteiger partial charge in [0.05, 0.1) is 5.60 Å². The standard InChI is InChI=1S/C24H30O3/c1-3-13-10-14-11-15(25)4-5-16(14)17-6-8-23(2)22(21(13)17)18-12-19(18)24(23)9-7-20(26)27-24/h3,7,9,11,13,16-22,26H,1,4-6,8,10,12H2,2H3/t13-,16+,17?,18-,19+,20?,21?,22?,23+,24+/m1/s1. The number of hydrogen-bond donors (Lipinski definition) is 1. The molecule has 3 heteroatoms. The quantitative estimate of drug-likeness (QED) is 0.713. The van der Waals surface area contributed by atoms with Crippen molar-refractivity contribution in [3.05, 3.63) is 36.5 Å². The monoisotopic (exact) mass is 366 g/mol. The van der Waals surface area contributed by atoms with Gasteiger partial charge in [-0.1, -0.05) is 24.6 Å². The third-order valence-electron chi connectivity index (χ3n) is 9.52. The molecule has 0 aromatic rings. The fraction of sp³-hybridized carbons (Fsp3) is 0.708. The second-order valence-electron chi connectivity index (χ2n) is 10.3. The highest BCUT2D eigenvalue weighted by molar-refractivity contribution is 5.91. The average Bonchev–Trinajstić information content (AvgIpc) is 3.29. The van der Waals surface area contributed by atoms with Crippen molar-refractivity contribution in [3.63, 3.8) is 0 Å². The molecule has 144 valence electrons. The molecule has 4 unspecified atom stereocenters. The normalized spacial score (nSPS) is 57.6. The van der Waals surface area contributed by atoms with E-state index in [4.69, 9.17) is 4.74 Å². The van der Waals surface area contributed by atoms with Gasteiger partial charge in [0.25, 0.3) is 0 Å². The molecule has 3 nitrogen and oxygen atoms in total. The Morgan fingerprint density at radius 2 is 2.19 bits per heavy atom. The molecule has 4 fully saturated rings. The zero-order valence-corrected chi connectivity index (χ0v) is 16.1. The molecular formula is C24H30O3. The van der Waals surface area contributed by atoms with E-state index < -0.39 is 6.29 Å². The van der Waals surface area contributed by atoms with Crippen molar-refractivity contribution in [2.24, 2.45) is 46.8 Å². The molecule has 1 N–H and O–H groups in total. The van der Waals surface area contributed by atoms with E-state index in [9.17, 15) is 9.90 Å². The minimum atomic E-state index is -0.736. The van der Waals surface area contributed by atoms with E-state index in [1.54, 1.807) is 0 Å². The minimum Gasteiger partial charge on any atom is -0.365 e. The maximum Gasteiger partial charge on any atom is 0.175 e. The fourth-order valence-corrected chi connectivity index (χ4v) is 8.57. The van der Waals surface area contributed by atoms with Crippen LogP contribution in [0.5, 0.6) is 0 Å². The molecule has 4 saturated carbocycles. The molecule has 10 atom stereocenters. The number of aliphatic hydroxyl groups is 1. The Morgan fingerprint density at radius 1 is 1.33 bits per heavy atom. The number of rotatable bonds is 1. The van der Waals surface area contributed by atoms with Gasteiger partial charge in [0.2, 0.25) is 0 Å². The van der Waals surface area contributed by atoms with Gasteiger partial charge >= 0.3 is 0 Å². The minimum absolute atomic E-state index is 0.114. The van der Waals surface area contributed by atoms with E-state index in [0.29, 0.717) is 41.3 Å². The average molecular weight is 367 g/mol. The highest BCUT2D eigenvalue weighted by atomic mass is 16.6. The lowest BCUT2D eigenvalue weighted by Crippen LogP contribution is -2.56. The van der Waals surface area contributed by atoms with E-state index in [1.165, 1.54) is 24.8 Å². The van der Waals surface area contributed by atoms with Crippen LogP contribution in [0.4, 0.5) is 0 Å². The van der Waals surface area contributed by atoms with E-state index >= 15 is 0 Å². The second-order valence-corrected chi connectivity index (χ2v) is 10.3. The predicted molar refractivity (Wildman–Crippen MR) is 102 cm³/mol. The van der Waals surface area contributed by atoms with Crippen LogP contribution in [0.1, 0.15) is 45.4 Å². The number of aliphatic hydroxyl groups excluding tert-OH is 1. The van der Waals surface area contributed by atoms with Gasteiger partial charge in [-0.05, 0) is 85.7 Å². The third kappa shape index (κ3) is 1.93. The van der Waals surface area contributed by atoms with Crippen LogP contribution in [-0.4, -0.2) is 22.8 Å². The third-order valence-corrected chi connectivity index (χ3v) is 9.52. The number of carbonyl (C=O) groups is 1. The first-order valence-electron chi connectivity index (χ1n) is 10.9. The Hall–Kier alpha value is -1.19. The van der Waals surface area contributed by atoms with Crippen LogP contribution in [0.25, 0.3) is 0 Å². The Morgan fingerprint density at radius 3 is 2.93 bits per heavy atom. The van der Waals surface area contributed by atoms with Crippen LogP contribution < -0.4 is 0 Å². The van der Waals surface area contributed by atoms with Crippen molar-refractivity contribution >= 4 is 5.78 Å². The summed E-state index contributed by atoms with van der Waals surface area (Å²) in [6, 6.07) is 0. The summed E-state index contributed by atoms with van der Waals surface area (Å²) in [6.07, 6.45) is 13.9. The van der Waals surface area contributed by atoms with Gasteiger partial charge in [-0.3, -0.25) is 4.79 Å². The van der Waals surface area contributed by atoms with E-state index in [0.717, 1.165) is 25.2 Å². The van der Waals surface area contributed by atoms with Gasteiger partial charge in [0.1, 0.15) is 0 Å². The lowest BCUT2D eigenvalue weighted by molar-refractivity contribution is -0.197. The van der Waals surface area contributed by atoms with Crippen LogP contribution in [0.2, 0.25) is 0 Å². The smallest absolute Gasteiger partial charge is 0.175 e. The van der Waals surface area contributed by atoms with Gasteiger partial charge < -0.3 is 9.84 Å². The number of fused-ring (bicyclic) bond motifs is 9. The summed E-state index contributed by atoms with van der Waals surface area (Å²) >= 11 is 0. The van der Waals surface area contributed by atoms with Crippen molar-refractivity contribution in [2.45, 2.75) is 57.3 Å². The maximum absolute atomic E-state index is 12.0. The number of carbonyl (C=O) groups excluding carboxylic acids is 1. The zero-order chi connectivity index (χ0) is 18.6. The van der Waals surface area contributed by atoms with Gasteiger partial charge in [-0.25, -0.2) is 0 Å². The SMILES string of the molecule is C=C[C@@H]1CC2=CC(=O)CC[C@@H]2C2CC[C@@]3(C)C(C21)[C@@H]1C[C@@H]1[C@@]31C=CC(O)O1. The summed E-state index contributed by atoms with van der Waals surface area (Å²) in [5.74, 6) is 4.70. The molecule has 27 heavy (non-hydrogen) atoms. The van der Waals surface area contributed by atoms with E-state index in [2.05, 4.69) is 25.7 Å². The number of ketones is 1. The van der Waals surface area contributed by atoms with Gasteiger partial charge in [-0.15, -0.1) is 6.58 Å². The lowest BCUT2D eigenvalue weighted by Gasteiger charge is -2.59. The van der Waals surface area contributed by atoms with E-state index in [1.807, 2.05) is 12.2 Å². The maximum atomic E-state index is 12.0. The molecule has 5 aliphatic carbocycles. The summed E-state index contributed by atoms with van der Waals surface area (Å²) in [6.45, 7) is 6.65. The molecule has 1 heterocycles. The number of hydrogen-bond acceptors (Lipinski definition) is 3. The van der Waals surface area contributed by atoms with Crippen LogP contribution in [-0.2, 0) is 9.53 Å². The highest BCUT2D eigenvalue weighted by Gasteiger charge is 2.77. The van der Waals surface area contributed by atoms with Crippen LogP contribution in [0, 0.1) is 46.8 Å². The lowest BCUT2D eigenvalue weighted by atomic mass is 9.47. The second kappa shape index (κ2) is 5.24. The topological polar surface area (TPSA) is 46.5 Å². The van der Waals surface area contributed by atoms with E-state index in [-0.39, 0.29) is 11.0 Å². The van der Waals surface area contributed by atoms with Gasteiger partial charge in [0, 0.05) is 11.8 Å². The summed E-state index contributed by atoms with van der Waals surface area (Å²) in [7, 11) is 0. The molecule has 0 radical (unpaired) electrons. The molecular weight excluding hydrogens is 336 g/mol. The number of ether oxygens (including phenoxy) is 1. The largest absolute Gasteiger partial charge is 0.365 e. The van der Waals surface area contributed by atoms with Gasteiger partial charge in [-0.2, -0.15) is 0 Å². The Bertz CT molecular complexity index is 780. The molecule has 1 aliphatic heterocycles. The summed E-state index contributed by atoms with van der Waals surface area (Å²) in [4.78, 5) is 12.0. The first-order chi connectivity index (χ1) is 13.0. The predicted octanol–water partition coefficient (Wildman–Crippen LogP) is 4.04. The van der Waals surface area contributed by atoms with Crippen LogP contribution in [0.15, 0.2) is 36.5 Å². The number of allylic oxidation sites excluding steroid dienone is 2. The van der Waals surface area contributed by atoms with Crippen molar-refractivity contribution < 1.29 is 14.6 Å². The molecule has 0 saturated heterocycles. The van der Waals surface area contributed by atoms with Crippen molar-refractivity contribution in [3.8, 4) is 0 Å². The Kier molecular flexibility index (Phi) is 3.25. The summed E-state index contributed by atoms with van der Waals surface area (Å²) in [5, 5.41) is 10.1. The molecule has 6 rings (SSSR count). The fourth-order valence-electron chi connectivity index (χ4n) is 8.57. The van der Waals surface area contributed by atoms with Crippen molar-refractivity contribution in [1.29, 1.82) is 0 Å². The molecule has 1 spiro atoms. The molecule has 0 aromatic heterocycles. The molecule has 0 aromatic carbocycles. The Labute approximate surface area is 161 Å².